The number of aromatic nitrogens is 1. The fraction of sp³-hybridized carbons (Fsp3) is 0.636. The van der Waals surface area contributed by atoms with E-state index < -0.39 is 0 Å². The van der Waals surface area contributed by atoms with Gasteiger partial charge in [-0.3, -0.25) is 4.79 Å². The van der Waals surface area contributed by atoms with Gasteiger partial charge in [0.1, 0.15) is 4.60 Å². The molecule has 0 bridgehead atoms. The number of halogens is 1. The summed E-state index contributed by atoms with van der Waals surface area (Å²) in [6, 6.07) is 0.179. The quantitative estimate of drug-likeness (QED) is 0.785. The molecule has 92 valence electrons. The molecule has 2 fully saturated rings. The van der Waals surface area contributed by atoms with Gasteiger partial charge in [-0.1, -0.05) is 0 Å². The number of fused-ring (bicyclic) bond motifs is 1. The van der Waals surface area contributed by atoms with Crippen molar-refractivity contribution in [3.8, 4) is 0 Å². The highest BCUT2D eigenvalue weighted by Gasteiger charge is 2.70. The van der Waals surface area contributed by atoms with Gasteiger partial charge in [-0.2, -0.15) is 0 Å². The highest BCUT2D eigenvalue weighted by atomic mass is 79.9. The van der Waals surface area contributed by atoms with Crippen molar-refractivity contribution in [2.24, 2.45) is 11.3 Å². The third-order valence-electron chi connectivity index (χ3n) is 4.06. The van der Waals surface area contributed by atoms with Crippen molar-refractivity contribution in [2.45, 2.75) is 19.4 Å². The van der Waals surface area contributed by atoms with Crippen molar-refractivity contribution in [1.82, 2.24) is 4.98 Å². The van der Waals surface area contributed by atoms with E-state index in [1.54, 1.807) is 11.3 Å². The van der Waals surface area contributed by atoms with Crippen molar-refractivity contribution >= 4 is 38.4 Å². The van der Waals surface area contributed by atoms with E-state index in [0.29, 0.717) is 5.92 Å². The summed E-state index contributed by atoms with van der Waals surface area (Å²) in [6.45, 7) is 3.01. The van der Waals surface area contributed by atoms with Gasteiger partial charge in [0.2, 0.25) is 0 Å². The number of ether oxygens (including phenoxy) is 1. The minimum absolute atomic E-state index is 0.0619. The molecule has 2 heterocycles. The monoisotopic (exact) mass is 316 g/mol. The van der Waals surface area contributed by atoms with Crippen LogP contribution in [0.1, 0.15) is 13.3 Å². The zero-order valence-electron chi connectivity index (χ0n) is 9.64. The summed E-state index contributed by atoms with van der Waals surface area (Å²) < 4.78 is 5.81. The molecule has 2 aliphatic rings. The van der Waals surface area contributed by atoms with E-state index in [9.17, 15) is 4.79 Å². The standard InChI is InChI=1S/C11H13BrN2O2S/c1-6-11(9(15)16-2)3-7(11)4-14(6)10-13-8(12)5-17-10/h5-7H,3-4H2,1-2H3/t6-,7?,11+/m1/s1. The minimum Gasteiger partial charge on any atom is -0.469 e. The van der Waals surface area contributed by atoms with Gasteiger partial charge < -0.3 is 9.64 Å². The first kappa shape index (κ1) is 11.5. The fourth-order valence-corrected chi connectivity index (χ4v) is 4.33. The normalized spacial score (nSPS) is 34.6. The number of anilines is 1. The SMILES string of the molecule is COC(=O)[C@]12CC1CN(c1nc(Br)cs1)[C@@H]2C. The van der Waals surface area contributed by atoms with Gasteiger partial charge in [0, 0.05) is 18.0 Å². The Morgan fingerprint density at radius 3 is 3.12 bits per heavy atom. The number of carbonyl (C=O) groups excluding carboxylic acids is 1. The predicted octanol–water partition coefficient (Wildman–Crippen LogP) is 2.29. The zero-order valence-corrected chi connectivity index (χ0v) is 12.0. The van der Waals surface area contributed by atoms with E-state index in [0.717, 1.165) is 22.7 Å². The van der Waals surface area contributed by atoms with Crippen molar-refractivity contribution in [3.05, 3.63) is 9.98 Å². The van der Waals surface area contributed by atoms with Crippen molar-refractivity contribution in [3.63, 3.8) is 0 Å². The van der Waals surface area contributed by atoms with E-state index in [2.05, 4.69) is 32.7 Å². The van der Waals surface area contributed by atoms with Crippen LogP contribution in [-0.4, -0.2) is 30.6 Å². The minimum atomic E-state index is -0.271. The molecule has 0 N–H and O–H groups in total. The molecule has 0 amide bonds. The lowest BCUT2D eigenvalue weighted by molar-refractivity contribution is -0.147. The third-order valence-corrected chi connectivity index (χ3v) is 5.64. The maximum atomic E-state index is 11.9. The molecule has 3 atom stereocenters. The lowest BCUT2D eigenvalue weighted by Gasteiger charge is -2.27. The average Bonchev–Trinajstić information content (AvgIpc) is 2.78. The summed E-state index contributed by atoms with van der Waals surface area (Å²) in [7, 11) is 1.47. The zero-order chi connectivity index (χ0) is 12.2. The van der Waals surface area contributed by atoms with Crippen molar-refractivity contribution < 1.29 is 9.53 Å². The first-order valence-electron chi connectivity index (χ1n) is 5.55. The number of nitrogens with zero attached hydrogens (tertiary/aromatic N) is 2. The predicted molar refractivity (Wildman–Crippen MR) is 69.2 cm³/mol. The van der Waals surface area contributed by atoms with Crippen LogP contribution < -0.4 is 4.90 Å². The number of rotatable bonds is 2. The molecule has 0 spiro atoms. The molecule has 4 nitrogen and oxygen atoms in total. The van der Waals surface area contributed by atoms with Crippen LogP contribution in [0.25, 0.3) is 0 Å². The molecule has 1 aliphatic carbocycles. The number of carbonyl (C=O) groups is 1. The molecular formula is C11H13BrN2O2S. The summed E-state index contributed by atoms with van der Waals surface area (Å²) in [5.41, 5.74) is -0.271. The molecule has 0 aromatic carbocycles. The molecule has 1 aliphatic heterocycles. The fourth-order valence-electron chi connectivity index (χ4n) is 2.99. The Balaban J connectivity index is 1.87. The molecule has 0 radical (unpaired) electrons. The molecule has 1 unspecified atom stereocenters. The number of hydrogen-bond acceptors (Lipinski definition) is 5. The first-order chi connectivity index (χ1) is 8.09. The van der Waals surface area contributed by atoms with Gasteiger partial charge in [0.05, 0.1) is 12.5 Å². The van der Waals surface area contributed by atoms with E-state index in [1.165, 1.54) is 7.11 Å². The summed E-state index contributed by atoms with van der Waals surface area (Å²) >= 11 is 4.97. The third kappa shape index (κ3) is 1.46. The number of hydrogen-bond donors (Lipinski definition) is 0. The van der Waals surface area contributed by atoms with E-state index in [4.69, 9.17) is 4.74 Å². The molecular weight excluding hydrogens is 304 g/mol. The second-order valence-electron chi connectivity index (χ2n) is 4.71. The Morgan fingerprint density at radius 2 is 2.53 bits per heavy atom. The first-order valence-corrected chi connectivity index (χ1v) is 7.23. The Bertz CT molecular complexity index is 478. The van der Waals surface area contributed by atoms with Gasteiger partial charge in [0.25, 0.3) is 0 Å². The number of esters is 1. The lowest BCUT2D eigenvalue weighted by atomic mass is 9.98. The molecule has 3 rings (SSSR count). The molecule has 1 aromatic heterocycles. The number of piperidine rings is 1. The smallest absolute Gasteiger partial charge is 0.314 e. The lowest BCUT2D eigenvalue weighted by Crippen LogP contribution is -2.38. The Hall–Kier alpha value is -0.620. The van der Waals surface area contributed by atoms with Gasteiger partial charge in [-0.05, 0) is 35.2 Å². The van der Waals surface area contributed by atoms with Crippen LogP contribution in [0, 0.1) is 11.3 Å². The average molecular weight is 317 g/mol. The second kappa shape index (κ2) is 3.68. The van der Waals surface area contributed by atoms with Crippen molar-refractivity contribution in [1.29, 1.82) is 0 Å². The summed E-state index contributed by atoms with van der Waals surface area (Å²) in [6.07, 6.45) is 0.962. The largest absolute Gasteiger partial charge is 0.469 e. The van der Waals surface area contributed by atoms with Gasteiger partial charge in [-0.25, -0.2) is 4.98 Å². The summed E-state index contributed by atoms with van der Waals surface area (Å²) in [4.78, 5) is 18.5. The van der Waals surface area contributed by atoms with E-state index >= 15 is 0 Å². The molecule has 6 heteroatoms. The highest BCUT2D eigenvalue weighted by molar-refractivity contribution is 9.10. The van der Waals surface area contributed by atoms with Crippen molar-refractivity contribution in [2.75, 3.05) is 18.6 Å². The van der Waals surface area contributed by atoms with Crippen LogP contribution in [0.15, 0.2) is 9.98 Å². The highest BCUT2D eigenvalue weighted by Crippen LogP contribution is 2.62. The van der Waals surface area contributed by atoms with Crippen LogP contribution >= 0.6 is 27.3 Å². The van der Waals surface area contributed by atoms with Crippen LogP contribution in [0.3, 0.4) is 0 Å². The van der Waals surface area contributed by atoms with Gasteiger partial charge in [-0.15, -0.1) is 11.3 Å². The topological polar surface area (TPSA) is 42.4 Å². The Labute approximate surface area is 112 Å². The molecule has 1 aromatic rings. The van der Waals surface area contributed by atoms with Gasteiger partial charge >= 0.3 is 5.97 Å². The molecule has 1 saturated carbocycles. The summed E-state index contributed by atoms with van der Waals surface area (Å²) in [5, 5.41) is 2.96. The van der Waals surface area contributed by atoms with Crippen LogP contribution in [0.2, 0.25) is 0 Å². The molecule has 1 saturated heterocycles. The Morgan fingerprint density at radius 1 is 1.76 bits per heavy atom. The van der Waals surface area contributed by atoms with Crippen LogP contribution in [0.4, 0.5) is 5.13 Å². The van der Waals surface area contributed by atoms with Crippen LogP contribution in [-0.2, 0) is 9.53 Å². The Kier molecular flexibility index (Phi) is 2.49. The second-order valence-corrected chi connectivity index (χ2v) is 6.36. The molecule has 17 heavy (non-hydrogen) atoms. The maximum absolute atomic E-state index is 11.9. The number of methoxy groups -OCH3 is 1. The van der Waals surface area contributed by atoms with E-state index in [-0.39, 0.29) is 17.4 Å². The van der Waals surface area contributed by atoms with Crippen LogP contribution in [0.5, 0.6) is 0 Å². The summed E-state index contributed by atoms with van der Waals surface area (Å²) in [5.74, 6) is 0.376. The van der Waals surface area contributed by atoms with E-state index in [1.807, 2.05) is 5.38 Å². The number of thiazole rings is 1. The van der Waals surface area contributed by atoms with Gasteiger partial charge in [0.15, 0.2) is 5.13 Å². The maximum Gasteiger partial charge on any atom is 0.314 e.